The molecule has 0 aliphatic carbocycles. The van der Waals surface area contributed by atoms with Gasteiger partial charge in [0, 0.05) is 18.5 Å². The molecule has 2 heterocycles. The Labute approximate surface area is 163 Å². The smallest absolute Gasteiger partial charge is 0.223 e. The van der Waals surface area contributed by atoms with E-state index in [1.54, 1.807) is 24.2 Å². The van der Waals surface area contributed by atoms with Crippen molar-refractivity contribution >= 4 is 5.78 Å². The van der Waals surface area contributed by atoms with Crippen LogP contribution < -0.4 is 5.43 Å². The van der Waals surface area contributed by atoms with Crippen LogP contribution in [-0.2, 0) is 16.0 Å². The standard InChI is InChI=1S/C21H24N2O5/c1-15-21(27)19(25)8-10-23(15)17(11-16-5-3-2-4-6-16)13-28-14-22-9-7-18(24)20(26)12-22/h2-10,17,20,26-27H,11-14H2,1H3/t17-,20?/m0/s1. The van der Waals surface area contributed by atoms with Crippen LogP contribution in [0.4, 0.5) is 0 Å². The lowest BCUT2D eigenvalue weighted by Crippen LogP contribution is -2.38. The van der Waals surface area contributed by atoms with Crippen LogP contribution in [0.5, 0.6) is 5.75 Å². The summed E-state index contributed by atoms with van der Waals surface area (Å²) in [6, 6.07) is 11.1. The molecule has 1 aliphatic rings. The number of carbonyl (C=O) groups is 1. The van der Waals surface area contributed by atoms with Gasteiger partial charge in [-0.05, 0) is 25.0 Å². The Kier molecular flexibility index (Phi) is 6.28. The molecule has 3 rings (SSSR count). The van der Waals surface area contributed by atoms with Crippen LogP contribution in [0.15, 0.2) is 59.7 Å². The third-order valence-electron chi connectivity index (χ3n) is 4.81. The van der Waals surface area contributed by atoms with Crippen molar-refractivity contribution in [2.75, 3.05) is 19.9 Å². The second-order valence-electron chi connectivity index (χ2n) is 6.87. The van der Waals surface area contributed by atoms with E-state index in [4.69, 9.17) is 4.74 Å². The highest BCUT2D eigenvalue weighted by Crippen LogP contribution is 2.20. The lowest BCUT2D eigenvalue weighted by atomic mass is 10.1. The Morgan fingerprint density at radius 3 is 2.68 bits per heavy atom. The Hall–Kier alpha value is -2.90. The van der Waals surface area contributed by atoms with Crippen LogP contribution >= 0.6 is 0 Å². The summed E-state index contributed by atoms with van der Waals surface area (Å²) in [5, 5.41) is 19.7. The first-order valence-corrected chi connectivity index (χ1v) is 9.12. The zero-order valence-corrected chi connectivity index (χ0v) is 15.7. The lowest BCUT2D eigenvalue weighted by Gasteiger charge is -2.28. The number of aliphatic hydroxyl groups excluding tert-OH is 1. The van der Waals surface area contributed by atoms with Crippen molar-refractivity contribution in [3.63, 3.8) is 0 Å². The van der Waals surface area contributed by atoms with Crippen LogP contribution in [0.3, 0.4) is 0 Å². The number of aromatic hydroxyl groups is 1. The predicted molar refractivity (Wildman–Crippen MR) is 104 cm³/mol. The first-order valence-electron chi connectivity index (χ1n) is 9.12. The lowest BCUT2D eigenvalue weighted by molar-refractivity contribution is -0.124. The maximum absolute atomic E-state index is 11.7. The number of β-amino-alcohol motifs (C(OH)–C–C–N with tert-alkyl or cyclic N) is 1. The van der Waals surface area contributed by atoms with Crippen LogP contribution in [0.1, 0.15) is 17.3 Å². The van der Waals surface area contributed by atoms with E-state index in [9.17, 15) is 19.8 Å². The summed E-state index contributed by atoms with van der Waals surface area (Å²) < 4.78 is 7.68. The molecule has 0 fully saturated rings. The molecule has 1 aromatic carbocycles. The van der Waals surface area contributed by atoms with Gasteiger partial charge >= 0.3 is 0 Å². The number of nitrogens with zero attached hydrogens (tertiary/aromatic N) is 2. The number of hydrogen-bond acceptors (Lipinski definition) is 6. The monoisotopic (exact) mass is 384 g/mol. The fraction of sp³-hybridized carbons (Fsp3) is 0.333. The second-order valence-corrected chi connectivity index (χ2v) is 6.87. The maximum Gasteiger partial charge on any atom is 0.223 e. The average molecular weight is 384 g/mol. The minimum atomic E-state index is -1.04. The summed E-state index contributed by atoms with van der Waals surface area (Å²) in [6.07, 6.45) is 4.23. The number of hydrogen-bond donors (Lipinski definition) is 2. The summed E-state index contributed by atoms with van der Waals surface area (Å²) in [4.78, 5) is 24.8. The zero-order chi connectivity index (χ0) is 20.1. The topological polar surface area (TPSA) is 92.0 Å². The van der Waals surface area contributed by atoms with Crippen molar-refractivity contribution < 1.29 is 19.7 Å². The highest BCUT2D eigenvalue weighted by molar-refractivity contribution is 5.94. The third kappa shape index (κ3) is 4.68. The van der Waals surface area contributed by atoms with Gasteiger partial charge in [-0.2, -0.15) is 0 Å². The highest BCUT2D eigenvalue weighted by atomic mass is 16.5. The van der Waals surface area contributed by atoms with Gasteiger partial charge in [-0.3, -0.25) is 9.59 Å². The summed E-state index contributed by atoms with van der Waals surface area (Å²) >= 11 is 0. The molecule has 1 aromatic heterocycles. The van der Waals surface area contributed by atoms with E-state index < -0.39 is 11.5 Å². The number of benzene rings is 1. The van der Waals surface area contributed by atoms with Crippen LogP contribution in [0.25, 0.3) is 0 Å². The molecule has 0 bridgehead atoms. The number of ether oxygens (including phenoxy) is 1. The predicted octanol–water partition coefficient (Wildman–Crippen LogP) is 1.38. The fourth-order valence-electron chi connectivity index (χ4n) is 3.22. The molecule has 0 amide bonds. The number of pyridine rings is 1. The number of aliphatic hydroxyl groups is 1. The number of carbonyl (C=O) groups excluding carboxylic acids is 1. The van der Waals surface area contributed by atoms with E-state index in [1.165, 1.54) is 12.1 Å². The van der Waals surface area contributed by atoms with Crippen molar-refractivity contribution in [1.29, 1.82) is 0 Å². The molecule has 1 aliphatic heterocycles. The highest BCUT2D eigenvalue weighted by Gasteiger charge is 2.21. The molecule has 2 aromatic rings. The summed E-state index contributed by atoms with van der Waals surface area (Å²) in [5.41, 5.74) is 1.17. The fourth-order valence-corrected chi connectivity index (χ4v) is 3.22. The quantitative estimate of drug-likeness (QED) is 0.749. The van der Waals surface area contributed by atoms with Crippen molar-refractivity contribution in [2.24, 2.45) is 0 Å². The Morgan fingerprint density at radius 1 is 1.21 bits per heavy atom. The normalized spacial score (nSPS) is 17.7. The molecule has 7 heteroatoms. The van der Waals surface area contributed by atoms with Gasteiger partial charge in [0.2, 0.25) is 5.43 Å². The van der Waals surface area contributed by atoms with Crippen molar-refractivity contribution in [2.45, 2.75) is 25.5 Å². The third-order valence-corrected chi connectivity index (χ3v) is 4.81. The van der Waals surface area contributed by atoms with Crippen molar-refractivity contribution in [3.05, 3.63) is 76.4 Å². The van der Waals surface area contributed by atoms with Gasteiger partial charge in [0.1, 0.15) is 12.8 Å². The van der Waals surface area contributed by atoms with Gasteiger partial charge in [0.05, 0.1) is 24.9 Å². The molecule has 148 valence electrons. The Balaban J connectivity index is 1.73. The molecule has 0 saturated carbocycles. The average Bonchev–Trinajstić information content (AvgIpc) is 2.69. The van der Waals surface area contributed by atoms with Gasteiger partial charge < -0.3 is 24.4 Å². The van der Waals surface area contributed by atoms with Gasteiger partial charge in [-0.1, -0.05) is 30.3 Å². The molecule has 28 heavy (non-hydrogen) atoms. The van der Waals surface area contributed by atoms with Crippen molar-refractivity contribution in [3.8, 4) is 5.75 Å². The van der Waals surface area contributed by atoms with E-state index in [0.717, 1.165) is 5.56 Å². The first-order chi connectivity index (χ1) is 13.5. The molecular formula is C21H24N2O5. The maximum atomic E-state index is 11.7. The Morgan fingerprint density at radius 2 is 1.96 bits per heavy atom. The van der Waals surface area contributed by atoms with E-state index in [-0.39, 0.29) is 30.9 Å². The first kappa shape index (κ1) is 19.9. The largest absolute Gasteiger partial charge is 0.503 e. The number of aromatic nitrogens is 1. The van der Waals surface area contributed by atoms with E-state index in [0.29, 0.717) is 18.7 Å². The molecule has 1 unspecified atom stereocenters. The summed E-state index contributed by atoms with van der Waals surface area (Å²) in [7, 11) is 0. The molecule has 7 nitrogen and oxygen atoms in total. The Bertz CT molecular complexity index is 907. The number of ketones is 1. The van der Waals surface area contributed by atoms with Crippen molar-refractivity contribution in [1.82, 2.24) is 9.47 Å². The summed E-state index contributed by atoms with van der Waals surface area (Å²) in [5.74, 6) is -0.571. The van der Waals surface area contributed by atoms with Gasteiger partial charge in [-0.15, -0.1) is 0 Å². The van der Waals surface area contributed by atoms with Crippen LogP contribution in [-0.4, -0.2) is 51.4 Å². The van der Waals surface area contributed by atoms with Gasteiger partial charge in [0.25, 0.3) is 0 Å². The van der Waals surface area contributed by atoms with E-state index in [1.807, 2.05) is 34.9 Å². The molecule has 0 saturated heterocycles. The number of rotatable bonds is 7. The zero-order valence-electron chi connectivity index (χ0n) is 15.7. The van der Waals surface area contributed by atoms with Gasteiger partial charge in [0.15, 0.2) is 11.5 Å². The molecule has 2 atom stereocenters. The molecule has 0 spiro atoms. The van der Waals surface area contributed by atoms with Crippen LogP contribution in [0.2, 0.25) is 0 Å². The molecule has 2 N–H and O–H groups in total. The minimum absolute atomic E-state index is 0.144. The van der Waals surface area contributed by atoms with Gasteiger partial charge in [-0.25, -0.2) is 0 Å². The van der Waals surface area contributed by atoms with E-state index >= 15 is 0 Å². The summed E-state index contributed by atoms with van der Waals surface area (Å²) in [6.45, 7) is 2.43. The van der Waals surface area contributed by atoms with Crippen LogP contribution in [0, 0.1) is 6.92 Å². The second kappa shape index (κ2) is 8.86. The molecular weight excluding hydrogens is 360 g/mol. The van der Waals surface area contributed by atoms with E-state index in [2.05, 4.69) is 0 Å². The molecule has 0 radical (unpaired) electrons. The minimum Gasteiger partial charge on any atom is -0.503 e. The SMILES string of the molecule is Cc1c(O)c(=O)ccn1[C@H](COCN1C=CC(=O)C(O)C1)Cc1ccccc1.